The van der Waals surface area contributed by atoms with Crippen molar-refractivity contribution >= 4 is 0 Å². The van der Waals surface area contributed by atoms with Crippen molar-refractivity contribution in [2.45, 2.75) is 6.92 Å². The molecular formula is C6H6NOY-. The summed E-state index contributed by atoms with van der Waals surface area (Å²) in [4.78, 5) is 3.61. The molecule has 0 fully saturated rings. The molecule has 2 nitrogen and oxygen atoms in total. The summed E-state index contributed by atoms with van der Waals surface area (Å²) in [6.45, 7) is 1.83. The Morgan fingerprint density at radius 3 is 2.67 bits per heavy atom. The van der Waals surface area contributed by atoms with Gasteiger partial charge < -0.3 is 10.1 Å². The van der Waals surface area contributed by atoms with Crippen LogP contribution in [-0.2, 0) is 32.7 Å². The number of nitrogens with zero attached hydrogens (tertiary/aromatic N) is 1. The van der Waals surface area contributed by atoms with Gasteiger partial charge in [0.2, 0.25) is 0 Å². The molecule has 0 saturated heterocycles. The molecule has 1 aromatic heterocycles. The van der Waals surface area contributed by atoms with Crippen molar-refractivity contribution in [3.8, 4) is 5.75 Å². The van der Waals surface area contributed by atoms with Crippen LogP contribution in [0.3, 0.4) is 0 Å². The molecule has 9 heavy (non-hydrogen) atoms. The first kappa shape index (κ1) is 9.05. The van der Waals surface area contributed by atoms with Crippen molar-refractivity contribution in [3.63, 3.8) is 0 Å². The molecule has 0 aliphatic carbocycles. The minimum Gasteiger partial charge on any atom is -0.532 e. The predicted molar refractivity (Wildman–Crippen MR) is 29.5 cm³/mol. The molecular weight excluding hydrogens is 191 g/mol. The minimum atomic E-state index is 0. The molecule has 0 bridgehead atoms. The number of hydrogen-bond donors (Lipinski definition) is 1. The first-order valence-corrected chi connectivity index (χ1v) is 2.32. The molecule has 0 atom stereocenters. The van der Waals surface area contributed by atoms with E-state index in [1.807, 2.05) is 6.92 Å². The van der Waals surface area contributed by atoms with E-state index in [0.717, 1.165) is 5.56 Å². The average Bonchev–Trinajstić information content (AvgIpc) is 1.64. The molecule has 1 radical (unpaired) electrons. The largest absolute Gasteiger partial charge is 0.532 e. The van der Waals surface area contributed by atoms with Crippen LogP contribution in [0.2, 0.25) is 0 Å². The molecule has 0 aromatic carbocycles. The molecule has 0 spiro atoms. The van der Waals surface area contributed by atoms with Crippen molar-refractivity contribution in [2.24, 2.45) is 0 Å². The zero-order valence-corrected chi connectivity index (χ0v) is 7.96. The van der Waals surface area contributed by atoms with Gasteiger partial charge in [0.05, 0.1) is 0 Å². The van der Waals surface area contributed by atoms with E-state index in [9.17, 15) is 0 Å². The van der Waals surface area contributed by atoms with E-state index in [1.165, 1.54) is 6.20 Å². The Kier molecular flexibility index (Phi) is 3.99. The van der Waals surface area contributed by atoms with Gasteiger partial charge in [0.1, 0.15) is 0 Å². The average molecular weight is 197 g/mol. The van der Waals surface area contributed by atoms with Crippen molar-refractivity contribution in [1.82, 2.24) is 4.98 Å². The standard InChI is InChI=1S/C6H6NO.Y/c1-5-2-6(8)4-7-3-5;/h2,4,8H,1H3;/q-1;. The Balaban J connectivity index is 0.000000640. The molecule has 45 valence electrons. The van der Waals surface area contributed by atoms with Crippen molar-refractivity contribution in [1.29, 1.82) is 0 Å². The Morgan fingerprint density at radius 2 is 2.33 bits per heavy atom. The minimum absolute atomic E-state index is 0. The molecule has 0 aliphatic heterocycles. The maximum Gasteiger partial charge on any atom is 0.0260 e. The quantitative estimate of drug-likeness (QED) is 0.626. The second-order valence-corrected chi connectivity index (χ2v) is 1.62. The van der Waals surface area contributed by atoms with E-state index in [1.54, 1.807) is 6.07 Å². The predicted octanol–water partition coefficient (Wildman–Crippen LogP) is 0.893. The summed E-state index contributed by atoms with van der Waals surface area (Å²) in [5.74, 6) is 0.196. The van der Waals surface area contributed by atoms with Gasteiger partial charge in [-0.25, -0.2) is 0 Å². The summed E-state index contributed by atoms with van der Waals surface area (Å²) >= 11 is 0. The third-order valence-corrected chi connectivity index (χ3v) is 0.802. The Labute approximate surface area is 79.2 Å². The smallest absolute Gasteiger partial charge is 0.0260 e. The summed E-state index contributed by atoms with van der Waals surface area (Å²) in [5.41, 5.74) is 0.852. The summed E-state index contributed by atoms with van der Waals surface area (Å²) < 4.78 is 0. The SMILES string of the molecule is Cc1[c-]ncc(O)c1.[Y]. The van der Waals surface area contributed by atoms with Gasteiger partial charge in [0.25, 0.3) is 0 Å². The van der Waals surface area contributed by atoms with Crippen LogP contribution in [0.1, 0.15) is 5.56 Å². The molecule has 0 unspecified atom stereocenters. The van der Waals surface area contributed by atoms with E-state index in [2.05, 4.69) is 11.2 Å². The fraction of sp³-hybridized carbons (Fsp3) is 0.167. The van der Waals surface area contributed by atoms with Gasteiger partial charge >= 0.3 is 0 Å². The van der Waals surface area contributed by atoms with Crippen molar-refractivity contribution < 1.29 is 37.8 Å². The van der Waals surface area contributed by atoms with Crippen LogP contribution in [0.25, 0.3) is 0 Å². The summed E-state index contributed by atoms with van der Waals surface area (Å²) in [6.07, 6.45) is 4.02. The topological polar surface area (TPSA) is 33.1 Å². The third kappa shape index (κ3) is 2.92. The summed E-state index contributed by atoms with van der Waals surface area (Å²) in [6, 6.07) is 1.60. The fourth-order valence-electron chi connectivity index (χ4n) is 0.492. The number of aromatic nitrogens is 1. The van der Waals surface area contributed by atoms with Crippen LogP contribution in [0.5, 0.6) is 5.75 Å². The summed E-state index contributed by atoms with van der Waals surface area (Å²) in [5, 5.41) is 8.73. The van der Waals surface area contributed by atoms with Crippen LogP contribution < -0.4 is 0 Å². The zero-order valence-electron chi connectivity index (χ0n) is 5.13. The number of pyridine rings is 1. The Morgan fingerprint density at radius 1 is 1.67 bits per heavy atom. The van der Waals surface area contributed by atoms with Crippen LogP contribution in [0.4, 0.5) is 0 Å². The van der Waals surface area contributed by atoms with Gasteiger partial charge in [-0.2, -0.15) is 0 Å². The molecule has 0 saturated carbocycles. The summed E-state index contributed by atoms with van der Waals surface area (Å²) in [7, 11) is 0. The van der Waals surface area contributed by atoms with Gasteiger partial charge in [0.15, 0.2) is 0 Å². The number of aryl methyl sites for hydroxylation is 1. The monoisotopic (exact) mass is 197 g/mol. The Bertz CT molecular complexity index is 173. The number of hydrogen-bond acceptors (Lipinski definition) is 2. The molecule has 1 N–H and O–H groups in total. The van der Waals surface area contributed by atoms with Crippen LogP contribution in [0, 0.1) is 13.1 Å². The van der Waals surface area contributed by atoms with E-state index >= 15 is 0 Å². The fourth-order valence-corrected chi connectivity index (χ4v) is 0.492. The van der Waals surface area contributed by atoms with Gasteiger partial charge in [-0.3, -0.25) is 0 Å². The normalized spacial score (nSPS) is 8.11. The molecule has 3 heteroatoms. The second-order valence-electron chi connectivity index (χ2n) is 1.62. The molecule has 0 amide bonds. The molecule has 0 aliphatic rings. The molecule has 1 aromatic rings. The van der Waals surface area contributed by atoms with Crippen molar-refractivity contribution in [2.75, 3.05) is 0 Å². The van der Waals surface area contributed by atoms with E-state index in [-0.39, 0.29) is 38.5 Å². The van der Waals surface area contributed by atoms with Gasteiger partial charge in [-0.15, -0.1) is 11.6 Å². The van der Waals surface area contributed by atoms with Crippen LogP contribution in [-0.4, -0.2) is 10.1 Å². The van der Waals surface area contributed by atoms with Gasteiger partial charge in [-0.05, 0) is 6.20 Å². The van der Waals surface area contributed by atoms with Gasteiger partial charge in [0, 0.05) is 38.5 Å². The first-order chi connectivity index (χ1) is 3.79. The van der Waals surface area contributed by atoms with Crippen LogP contribution >= 0.6 is 0 Å². The van der Waals surface area contributed by atoms with E-state index < -0.39 is 0 Å². The molecule has 1 rings (SSSR count). The number of rotatable bonds is 0. The molecule has 1 heterocycles. The van der Waals surface area contributed by atoms with E-state index in [0.29, 0.717) is 0 Å². The second kappa shape index (κ2) is 3.96. The Hall–Kier alpha value is 0.0539. The van der Waals surface area contributed by atoms with E-state index in [4.69, 9.17) is 5.11 Å². The van der Waals surface area contributed by atoms with Crippen molar-refractivity contribution in [3.05, 3.63) is 24.0 Å². The maximum absolute atomic E-state index is 8.73. The maximum atomic E-state index is 8.73. The van der Waals surface area contributed by atoms with Crippen LogP contribution in [0.15, 0.2) is 12.3 Å². The number of aromatic hydroxyl groups is 1. The van der Waals surface area contributed by atoms with Gasteiger partial charge in [-0.1, -0.05) is 13.1 Å². The zero-order chi connectivity index (χ0) is 5.98. The first-order valence-electron chi connectivity index (χ1n) is 2.32. The third-order valence-electron chi connectivity index (χ3n) is 0.802.